The molecule has 8 nitrogen and oxygen atoms in total. The minimum atomic E-state index is -0.680. The molecule has 1 aliphatic carbocycles. The molecule has 21 heavy (non-hydrogen) atoms. The van der Waals surface area contributed by atoms with Crippen LogP contribution in [-0.4, -0.2) is 38.8 Å². The van der Waals surface area contributed by atoms with Crippen LogP contribution in [0.1, 0.15) is 55.5 Å². The lowest BCUT2D eigenvalue weighted by atomic mass is 9.95. The number of carbonyl (C=O) groups is 2. The Labute approximate surface area is 123 Å². The molecule has 1 atom stereocenters. The molecule has 0 radical (unpaired) electrons. The number of nitrogens with zero attached hydrogens (tertiary/aromatic N) is 3. The van der Waals surface area contributed by atoms with Crippen LogP contribution in [0.25, 0.3) is 0 Å². The first-order chi connectivity index (χ1) is 9.99. The van der Waals surface area contributed by atoms with Crippen molar-refractivity contribution < 1.29 is 9.59 Å². The average Bonchev–Trinajstić information content (AvgIpc) is 2.81. The van der Waals surface area contributed by atoms with Crippen molar-refractivity contribution >= 4 is 11.8 Å². The Balaban J connectivity index is 2.08. The number of amides is 2. The zero-order chi connectivity index (χ0) is 15.4. The van der Waals surface area contributed by atoms with Crippen LogP contribution in [0.15, 0.2) is 0 Å². The molecular weight excluding hydrogens is 272 g/mol. The lowest BCUT2D eigenvalue weighted by molar-refractivity contribution is -0.118. The van der Waals surface area contributed by atoms with Crippen molar-refractivity contribution in [2.24, 2.45) is 5.73 Å². The maximum absolute atomic E-state index is 12.3. The van der Waals surface area contributed by atoms with Gasteiger partial charge in [-0.3, -0.25) is 15.0 Å². The van der Waals surface area contributed by atoms with E-state index < -0.39 is 11.9 Å². The summed E-state index contributed by atoms with van der Waals surface area (Å²) >= 11 is 0. The first-order valence-corrected chi connectivity index (χ1v) is 7.28. The molecule has 1 unspecified atom stereocenters. The van der Waals surface area contributed by atoms with E-state index in [1.165, 1.54) is 11.1 Å². The van der Waals surface area contributed by atoms with E-state index in [0.717, 1.165) is 25.7 Å². The van der Waals surface area contributed by atoms with Crippen LogP contribution in [0.3, 0.4) is 0 Å². The van der Waals surface area contributed by atoms with E-state index in [-0.39, 0.29) is 17.8 Å². The first kappa shape index (κ1) is 15.4. The number of rotatable bonds is 4. The molecule has 2 rings (SSSR count). The summed E-state index contributed by atoms with van der Waals surface area (Å²) in [5.74, 6) is -0.220. The van der Waals surface area contributed by atoms with Gasteiger partial charge in [0.15, 0.2) is 0 Å². The normalized spacial score (nSPS) is 17.3. The van der Waals surface area contributed by atoms with Crippen molar-refractivity contribution in [2.75, 3.05) is 5.43 Å². The van der Waals surface area contributed by atoms with E-state index >= 15 is 0 Å². The van der Waals surface area contributed by atoms with Crippen LogP contribution in [-0.2, 0) is 4.79 Å². The van der Waals surface area contributed by atoms with Gasteiger partial charge in [-0.15, -0.1) is 10.2 Å². The number of carbonyl (C=O) groups excluding carboxylic acids is 2. The van der Waals surface area contributed by atoms with Gasteiger partial charge < -0.3 is 11.1 Å². The SMILES string of the molecule is Cc1nnc(C(=O)NC2CCCCC2)n1NC(=O)C(C)N. The highest BCUT2D eigenvalue weighted by Gasteiger charge is 2.23. The van der Waals surface area contributed by atoms with E-state index in [2.05, 4.69) is 20.9 Å². The minimum Gasteiger partial charge on any atom is -0.347 e. The molecule has 0 aromatic carbocycles. The molecule has 8 heteroatoms. The van der Waals surface area contributed by atoms with Gasteiger partial charge in [-0.25, -0.2) is 4.68 Å². The topological polar surface area (TPSA) is 115 Å². The zero-order valence-electron chi connectivity index (χ0n) is 12.4. The Morgan fingerprint density at radius 1 is 1.29 bits per heavy atom. The van der Waals surface area contributed by atoms with E-state index in [9.17, 15) is 9.59 Å². The van der Waals surface area contributed by atoms with Crippen LogP contribution in [0.2, 0.25) is 0 Å². The molecule has 2 amide bonds. The number of nitrogens with one attached hydrogen (secondary N) is 2. The molecule has 0 aliphatic heterocycles. The molecule has 1 aromatic rings. The number of aromatic nitrogens is 3. The second kappa shape index (κ2) is 6.66. The van der Waals surface area contributed by atoms with Gasteiger partial charge in [-0.2, -0.15) is 0 Å². The summed E-state index contributed by atoms with van der Waals surface area (Å²) in [6.07, 6.45) is 5.42. The minimum absolute atomic E-state index is 0.0760. The molecular formula is C13H22N6O2. The molecule has 1 fully saturated rings. The van der Waals surface area contributed by atoms with Crippen LogP contribution in [0.4, 0.5) is 0 Å². The third-order valence-corrected chi connectivity index (χ3v) is 3.60. The largest absolute Gasteiger partial charge is 0.347 e. The highest BCUT2D eigenvalue weighted by molar-refractivity contribution is 5.93. The second-order valence-electron chi connectivity index (χ2n) is 5.48. The van der Waals surface area contributed by atoms with Gasteiger partial charge in [0.1, 0.15) is 5.82 Å². The van der Waals surface area contributed by atoms with Crippen LogP contribution >= 0.6 is 0 Å². The van der Waals surface area contributed by atoms with Crippen molar-refractivity contribution in [3.63, 3.8) is 0 Å². The molecule has 1 aliphatic rings. The molecule has 0 bridgehead atoms. The van der Waals surface area contributed by atoms with Crippen LogP contribution in [0.5, 0.6) is 0 Å². The molecule has 4 N–H and O–H groups in total. The molecule has 0 saturated heterocycles. The fourth-order valence-electron chi connectivity index (χ4n) is 2.35. The Morgan fingerprint density at radius 2 is 1.95 bits per heavy atom. The Kier molecular flexibility index (Phi) is 4.89. The van der Waals surface area contributed by atoms with Gasteiger partial charge in [-0.1, -0.05) is 19.3 Å². The number of nitrogens with two attached hydrogens (primary N) is 1. The number of hydrogen-bond donors (Lipinski definition) is 3. The zero-order valence-corrected chi connectivity index (χ0v) is 12.4. The first-order valence-electron chi connectivity index (χ1n) is 7.28. The summed E-state index contributed by atoms with van der Waals surface area (Å²) < 4.78 is 1.28. The maximum atomic E-state index is 12.3. The predicted molar refractivity (Wildman–Crippen MR) is 77.1 cm³/mol. The van der Waals surface area contributed by atoms with Crippen LogP contribution < -0.4 is 16.5 Å². The van der Waals surface area contributed by atoms with Crippen molar-refractivity contribution in [1.29, 1.82) is 0 Å². The van der Waals surface area contributed by atoms with Gasteiger partial charge in [-0.05, 0) is 26.7 Å². The summed E-state index contributed by atoms with van der Waals surface area (Å²) in [5.41, 5.74) is 8.05. The van der Waals surface area contributed by atoms with Crippen molar-refractivity contribution in [1.82, 2.24) is 20.2 Å². The highest BCUT2D eigenvalue weighted by Crippen LogP contribution is 2.17. The Bertz CT molecular complexity index is 519. The number of aryl methyl sites for hydroxylation is 1. The van der Waals surface area contributed by atoms with Gasteiger partial charge in [0.05, 0.1) is 6.04 Å². The number of hydrogen-bond acceptors (Lipinski definition) is 5. The summed E-state index contributed by atoms with van der Waals surface area (Å²) in [6.45, 7) is 3.22. The predicted octanol–water partition coefficient (Wildman–Crippen LogP) is 0.0663. The van der Waals surface area contributed by atoms with Crippen molar-refractivity contribution in [3.05, 3.63) is 11.6 Å². The van der Waals surface area contributed by atoms with E-state index in [4.69, 9.17) is 5.73 Å². The monoisotopic (exact) mass is 294 g/mol. The smallest absolute Gasteiger partial charge is 0.291 e. The van der Waals surface area contributed by atoms with Gasteiger partial charge in [0.25, 0.3) is 11.8 Å². The third kappa shape index (κ3) is 3.78. The van der Waals surface area contributed by atoms with E-state index in [0.29, 0.717) is 5.82 Å². The highest BCUT2D eigenvalue weighted by atomic mass is 16.2. The van der Waals surface area contributed by atoms with Crippen LogP contribution in [0, 0.1) is 6.92 Å². The van der Waals surface area contributed by atoms with Gasteiger partial charge >= 0.3 is 0 Å². The second-order valence-corrected chi connectivity index (χ2v) is 5.48. The average molecular weight is 294 g/mol. The quantitative estimate of drug-likeness (QED) is 0.726. The summed E-state index contributed by atoms with van der Waals surface area (Å²) in [7, 11) is 0. The molecule has 116 valence electrons. The Hall–Kier alpha value is -1.96. The third-order valence-electron chi connectivity index (χ3n) is 3.60. The molecule has 1 heterocycles. The summed E-state index contributed by atoms with van der Waals surface area (Å²) in [6, 6.07) is -0.512. The van der Waals surface area contributed by atoms with Crippen molar-refractivity contribution in [2.45, 2.75) is 58.0 Å². The maximum Gasteiger partial charge on any atom is 0.291 e. The lowest BCUT2D eigenvalue weighted by Gasteiger charge is -2.22. The molecule has 1 saturated carbocycles. The molecule has 0 spiro atoms. The van der Waals surface area contributed by atoms with Crippen molar-refractivity contribution in [3.8, 4) is 0 Å². The standard InChI is InChI=1S/C13H22N6O2/c1-8(14)12(20)18-19-9(2)16-17-11(19)13(21)15-10-6-4-3-5-7-10/h8,10H,3-7,14H2,1-2H3,(H,15,21)(H,18,20). The molecule has 1 aromatic heterocycles. The van der Waals surface area contributed by atoms with E-state index in [1.54, 1.807) is 13.8 Å². The lowest BCUT2D eigenvalue weighted by Crippen LogP contribution is -2.41. The summed E-state index contributed by atoms with van der Waals surface area (Å²) in [5, 5.41) is 10.6. The fraction of sp³-hybridized carbons (Fsp3) is 0.692. The van der Waals surface area contributed by atoms with Gasteiger partial charge in [0, 0.05) is 6.04 Å². The fourth-order valence-corrected chi connectivity index (χ4v) is 2.35. The van der Waals surface area contributed by atoms with Gasteiger partial charge in [0.2, 0.25) is 5.82 Å². The summed E-state index contributed by atoms with van der Waals surface area (Å²) in [4.78, 5) is 24.0. The Morgan fingerprint density at radius 3 is 2.57 bits per heavy atom. The van der Waals surface area contributed by atoms with E-state index in [1.807, 2.05) is 0 Å².